The van der Waals surface area contributed by atoms with Crippen LogP contribution in [0.4, 0.5) is 10.1 Å². The Labute approximate surface area is 95.4 Å². The van der Waals surface area contributed by atoms with Gasteiger partial charge in [0.05, 0.1) is 0 Å². The first-order valence-electron chi connectivity index (χ1n) is 5.99. The molecule has 2 aliphatic carbocycles. The van der Waals surface area contributed by atoms with E-state index in [1.54, 1.807) is 12.1 Å². The monoisotopic (exact) mass is 217 g/mol. The minimum Gasteiger partial charge on any atom is -0.385 e. The smallest absolute Gasteiger partial charge is 0.125 e. The highest BCUT2D eigenvalue weighted by Crippen LogP contribution is 2.43. The summed E-state index contributed by atoms with van der Waals surface area (Å²) in [6.45, 7) is 0.967. The molecule has 1 N–H and O–H groups in total. The minimum atomic E-state index is -0.169. The van der Waals surface area contributed by atoms with Gasteiger partial charge in [-0.3, -0.25) is 0 Å². The van der Waals surface area contributed by atoms with E-state index in [1.807, 2.05) is 6.07 Å². The highest BCUT2D eigenvalue weighted by atomic mass is 19.1. The molecule has 0 heterocycles. The third kappa shape index (κ3) is 1.84. The summed E-state index contributed by atoms with van der Waals surface area (Å²) in [6, 6.07) is 6.71. The lowest BCUT2D eigenvalue weighted by atomic mass is 9.93. The molecule has 2 bridgehead atoms. The first-order chi connectivity index (χ1) is 7.81. The number of nitrogens with one attached hydrogen (secondary N) is 1. The summed E-state index contributed by atoms with van der Waals surface area (Å²) in [5, 5.41) is 3.34. The van der Waals surface area contributed by atoms with Crippen molar-refractivity contribution < 1.29 is 4.39 Å². The van der Waals surface area contributed by atoms with Crippen molar-refractivity contribution in [2.75, 3.05) is 11.9 Å². The molecular formula is C14H16FN. The van der Waals surface area contributed by atoms with E-state index in [9.17, 15) is 4.39 Å². The van der Waals surface area contributed by atoms with Gasteiger partial charge in [-0.05, 0) is 48.8 Å². The quantitative estimate of drug-likeness (QED) is 0.765. The van der Waals surface area contributed by atoms with Crippen LogP contribution in [-0.4, -0.2) is 6.54 Å². The zero-order chi connectivity index (χ0) is 11.0. The van der Waals surface area contributed by atoms with Crippen molar-refractivity contribution in [2.24, 2.45) is 17.8 Å². The summed E-state index contributed by atoms with van der Waals surface area (Å²) in [4.78, 5) is 0. The minimum absolute atomic E-state index is 0.169. The van der Waals surface area contributed by atoms with E-state index < -0.39 is 0 Å². The van der Waals surface area contributed by atoms with Gasteiger partial charge in [0.2, 0.25) is 0 Å². The van der Waals surface area contributed by atoms with Crippen LogP contribution in [0, 0.1) is 23.6 Å². The molecule has 3 unspecified atom stereocenters. The Morgan fingerprint density at radius 2 is 2.19 bits per heavy atom. The topological polar surface area (TPSA) is 12.0 Å². The van der Waals surface area contributed by atoms with Gasteiger partial charge >= 0.3 is 0 Å². The first-order valence-corrected chi connectivity index (χ1v) is 5.99. The second kappa shape index (κ2) is 3.93. The highest BCUT2D eigenvalue weighted by Gasteiger charge is 2.35. The Balaban J connectivity index is 1.59. The van der Waals surface area contributed by atoms with Crippen LogP contribution >= 0.6 is 0 Å². The molecular weight excluding hydrogens is 201 g/mol. The molecule has 3 rings (SSSR count). The van der Waals surface area contributed by atoms with Gasteiger partial charge in [0.1, 0.15) is 5.82 Å². The number of fused-ring (bicyclic) bond motifs is 2. The lowest BCUT2D eigenvalue weighted by molar-refractivity contribution is 0.472. The van der Waals surface area contributed by atoms with Gasteiger partial charge in [0.25, 0.3) is 0 Å². The Kier molecular flexibility index (Phi) is 2.43. The number of allylic oxidation sites excluding steroid dienone is 2. The molecule has 0 saturated heterocycles. The Morgan fingerprint density at radius 1 is 1.25 bits per heavy atom. The van der Waals surface area contributed by atoms with Gasteiger partial charge < -0.3 is 5.32 Å². The fourth-order valence-electron chi connectivity index (χ4n) is 2.98. The predicted molar refractivity (Wildman–Crippen MR) is 63.7 cm³/mol. The van der Waals surface area contributed by atoms with Gasteiger partial charge in [-0.25, -0.2) is 4.39 Å². The van der Waals surface area contributed by atoms with Crippen molar-refractivity contribution in [2.45, 2.75) is 12.8 Å². The summed E-state index contributed by atoms with van der Waals surface area (Å²) < 4.78 is 13.0. The van der Waals surface area contributed by atoms with Crippen LogP contribution in [-0.2, 0) is 0 Å². The average molecular weight is 217 g/mol. The molecule has 0 aliphatic heterocycles. The molecule has 16 heavy (non-hydrogen) atoms. The standard InChI is InChI=1S/C14H16FN/c15-13-2-1-3-14(8-13)16-9-12-7-10-4-5-11(12)6-10/h1-5,8,10-12,16H,6-7,9H2. The van der Waals surface area contributed by atoms with Crippen molar-refractivity contribution in [1.29, 1.82) is 0 Å². The zero-order valence-electron chi connectivity index (χ0n) is 9.20. The van der Waals surface area contributed by atoms with Crippen LogP contribution in [0.1, 0.15) is 12.8 Å². The summed E-state index contributed by atoms with van der Waals surface area (Å²) in [7, 11) is 0. The Bertz CT molecular complexity index is 413. The van der Waals surface area contributed by atoms with E-state index >= 15 is 0 Å². The molecule has 0 spiro atoms. The number of hydrogen-bond donors (Lipinski definition) is 1. The first kappa shape index (κ1) is 9.88. The van der Waals surface area contributed by atoms with Gasteiger partial charge in [0.15, 0.2) is 0 Å². The second-order valence-electron chi connectivity index (χ2n) is 4.93. The molecule has 0 aromatic heterocycles. The maximum Gasteiger partial charge on any atom is 0.125 e. The van der Waals surface area contributed by atoms with Crippen molar-refractivity contribution in [3.8, 4) is 0 Å². The van der Waals surface area contributed by atoms with E-state index in [0.717, 1.165) is 30.0 Å². The molecule has 1 aromatic carbocycles. The zero-order valence-corrected chi connectivity index (χ0v) is 9.20. The van der Waals surface area contributed by atoms with Crippen LogP contribution < -0.4 is 5.32 Å². The number of hydrogen-bond acceptors (Lipinski definition) is 1. The van der Waals surface area contributed by atoms with Crippen LogP contribution in [0.2, 0.25) is 0 Å². The SMILES string of the molecule is Fc1cccc(NCC2CC3C=CC2C3)c1. The summed E-state index contributed by atoms with van der Waals surface area (Å²) in [5.74, 6) is 2.13. The highest BCUT2D eigenvalue weighted by molar-refractivity contribution is 5.43. The predicted octanol–water partition coefficient (Wildman–Crippen LogP) is 3.45. The lowest BCUT2D eigenvalue weighted by Gasteiger charge is -2.19. The normalized spacial score (nSPS) is 30.9. The van der Waals surface area contributed by atoms with E-state index in [2.05, 4.69) is 17.5 Å². The van der Waals surface area contributed by atoms with Crippen LogP contribution in [0.5, 0.6) is 0 Å². The van der Waals surface area contributed by atoms with Gasteiger partial charge in [-0.1, -0.05) is 18.2 Å². The number of benzene rings is 1. The van der Waals surface area contributed by atoms with Crippen molar-refractivity contribution in [1.82, 2.24) is 0 Å². The van der Waals surface area contributed by atoms with Crippen LogP contribution in [0.25, 0.3) is 0 Å². The van der Waals surface area contributed by atoms with Crippen molar-refractivity contribution in [3.63, 3.8) is 0 Å². The molecule has 1 aromatic rings. The molecule has 1 fully saturated rings. The second-order valence-corrected chi connectivity index (χ2v) is 4.93. The third-order valence-corrected chi connectivity index (χ3v) is 3.81. The van der Waals surface area contributed by atoms with Crippen LogP contribution in [0.15, 0.2) is 36.4 Å². The number of anilines is 1. The maximum absolute atomic E-state index is 13.0. The number of halogens is 1. The molecule has 2 heteroatoms. The third-order valence-electron chi connectivity index (χ3n) is 3.81. The summed E-state index contributed by atoms with van der Waals surface area (Å²) in [5.41, 5.74) is 0.895. The van der Waals surface area contributed by atoms with Gasteiger partial charge in [-0.15, -0.1) is 0 Å². The van der Waals surface area contributed by atoms with E-state index in [1.165, 1.54) is 18.9 Å². The lowest BCUT2D eigenvalue weighted by Crippen LogP contribution is -2.18. The molecule has 3 atom stereocenters. The average Bonchev–Trinajstić information content (AvgIpc) is 2.88. The fourth-order valence-corrected chi connectivity index (χ4v) is 2.98. The fraction of sp³-hybridized carbons (Fsp3) is 0.429. The van der Waals surface area contributed by atoms with Crippen LogP contribution in [0.3, 0.4) is 0 Å². The Hall–Kier alpha value is -1.31. The summed E-state index contributed by atoms with van der Waals surface area (Å²) >= 11 is 0. The van der Waals surface area contributed by atoms with Gasteiger partial charge in [0, 0.05) is 12.2 Å². The molecule has 84 valence electrons. The van der Waals surface area contributed by atoms with E-state index in [4.69, 9.17) is 0 Å². The van der Waals surface area contributed by atoms with E-state index in [-0.39, 0.29) is 5.82 Å². The van der Waals surface area contributed by atoms with Crippen molar-refractivity contribution >= 4 is 5.69 Å². The molecule has 1 saturated carbocycles. The van der Waals surface area contributed by atoms with E-state index in [0.29, 0.717) is 0 Å². The molecule has 2 aliphatic rings. The maximum atomic E-state index is 13.0. The molecule has 0 amide bonds. The van der Waals surface area contributed by atoms with Gasteiger partial charge in [-0.2, -0.15) is 0 Å². The number of rotatable bonds is 3. The molecule has 1 nitrogen and oxygen atoms in total. The largest absolute Gasteiger partial charge is 0.385 e. The Morgan fingerprint density at radius 3 is 2.88 bits per heavy atom. The molecule has 0 radical (unpaired) electrons. The summed E-state index contributed by atoms with van der Waals surface area (Å²) in [6.07, 6.45) is 7.33. The van der Waals surface area contributed by atoms with Crippen molar-refractivity contribution in [3.05, 3.63) is 42.2 Å².